The van der Waals surface area contributed by atoms with Crippen LogP contribution in [0.5, 0.6) is 0 Å². The molecule has 1 aliphatic heterocycles. The highest BCUT2D eigenvalue weighted by Gasteiger charge is 2.27. The van der Waals surface area contributed by atoms with Gasteiger partial charge in [-0.3, -0.25) is 9.48 Å². The molecular weight excluding hydrogens is 381 g/mol. The first-order valence-electron chi connectivity index (χ1n) is 10.5. The fourth-order valence-corrected chi connectivity index (χ4v) is 4.10. The van der Waals surface area contributed by atoms with Crippen LogP contribution in [0.2, 0.25) is 0 Å². The van der Waals surface area contributed by atoms with E-state index in [0.29, 0.717) is 28.7 Å². The predicted molar refractivity (Wildman–Crippen MR) is 116 cm³/mol. The number of likely N-dealkylation sites (N-methyl/N-ethyl adjacent to an activating group) is 1. The van der Waals surface area contributed by atoms with Crippen molar-refractivity contribution in [2.24, 2.45) is 0 Å². The van der Waals surface area contributed by atoms with Gasteiger partial charge in [-0.25, -0.2) is 9.37 Å². The molecule has 158 valence electrons. The first kappa shape index (κ1) is 20.5. The zero-order chi connectivity index (χ0) is 21.4. The molecule has 0 saturated carbocycles. The Labute approximate surface area is 176 Å². The lowest BCUT2D eigenvalue weighted by Crippen LogP contribution is -2.42. The summed E-state index contributed by atoms with van der Waals surface area (Å²) in [5.41, 5.74) is 2.61. The van der Waals surface area contributed by atoms with Gasteiger partial charge in [-0.2, -0.15) is 5.10 Å². The first-order chi connectivity index (χ1) is 14.3. The minimum atomic E-state index is -0.373. The number of fused-ring (bicyclic) bond motifs is 1. The van der Waals surface area contributed by atoms with Crippen molar-refractivity contribution >= 4 is 16.8 Å². The van der Waals surface area contributed by atoms with Crippen molar-refractivity contribution < 1.29 is 9.18 Å². The number of pyridine rings is 1. The van der Waals surface area contributed by atoms with Crippen molar-refractivity contribution in [1.29, 1.82) is 0 Å². The summed E-state index contributed by atoms with van der Waals surface area (Å²) in [5, 5.41) is 4.95. The maximum Gasteiger partial charge on any atom is 0.254 e. The average Bonchev–Trinajstić information content (AvgIpc) is 3.14. The Morgan fingerprint density at radius 2 is 2.03 bits per heavy atom. The Balaban J connectivity index is 1.82. The molecule has 1 aliphatic rings. The van der Waals surface area contributed by atoms with Crippen LogP contribution in [0.3, 0.4) is 0 Å². The molecule has 6 nitrogen and oxygen atoms in total. The summed E-state index contributed by atoms with van der Waals surface area (Å²) in [4.78, 5) is 22.5. The Morgan fingerprint density at radius 3 is 2.77 bits per heavy atom. The zero-order valence-corrected chi connectivity index (χ0v) is 18.0. The van der Waals surface area contributed by atoms with E-state index in [1.807, 2.05) is 15.8 Å². The van der Waals surface area contributed by atoms with Gasteiger partial charge in [-0.05, 0) is 65.0 Å². The zero-order valence-electron chi connectivity index (χ0n) is 18.0. The number of benzene rings is 1. The Kier molecular flexibility index (Phi) is 5.56. The van der Waals surface area contributed by atoms with Gasteiger partial charge in [0.1, 0.15) is 5.82 Å². The Morgan fingerprint density at radius 1 is 1.23 bits per heavy atom. The van der Waals surface area contributed by atoms with Crippen LogP contribution in [0.25, 0.3) is 22.2 Å². The molecule has 0 aliphatic carbocycles. The molecule has 7 heteroatoms. The van der Waals surface area contributed by atoms with Gasteiger partial charge in [0, 0.05) is 42.3 Å². The quantitative estimate of drug-likeness (QED) is 0.657. The second-order valence-electron chi connectivity index (χ2n) is 8.48. The van der Waals surface area contributed by atoms with E-state index in [1.54, 1.807) is 18.3 Å². The third kappa shape index (κ3) is 3.94. The van der Waals surface area contributed by atoms with Gasteiger partial charge in [0.15, 0.2) is 0 Å². The van der Waals surface area contributed by atoms with Crippen LogP contribution in [-0.4, -0.2) is 63.2 Å². The molecule has 1 amide bonds. The molecule has 2 aromatic heterocycles. The van der Waals surface area contributed by atoms with E-state index >= 15 is 0 Å². The fraction of sp³-hybridized carbons (Fsp3) is 0.435. The third-order valence-corrected chi connectivity index (χ3v) is 5.74. The summed E-state index contributed by atoms with van der Waals surface area (Å²) < 4.78 is 15.9. The van der Waals surface area contributed by atoms with Crippen LogP contribution in [0.1, 0.15) is 43.6 Å². The lowest BCUT2D eigenvalue weighted by Gasteiger charge is -2.28. The van der Waals surface area contributed by atoms with Gasteiger partial charge in [0.25, 0.3) is 5.91 Å². The monoisotopic (exact) mass is 409 g/mol. The van der Waals surface area contributed by atoms with Crippen molar-refractivity contribution in [3.63, 3.8) is 0 Å². The van der Waals surface area contributed by atoms with E-state index in [1.165, 1.54) is 12.1 Å². The number of aromatic nitrogens is 3. The van der Waals surface area contributed by atoms with Gasteiger partial charge in [0.05, 0.1) is 23.0 Å². The Hall–Kier alpha value is -2.80. The van der Waals surface area contributed by atoms with Gasteiger partial charge in [-0.15, -0.1) is 0 Å². The Bertz CT molecular complexity index is 1080. The normalized spacial score (nSPS) is 18.2. The van der Waals surface area contributed by atoms with E-state index in [0.717, 1.165) is 25.1 Å². The summed E-state index contributed by atoms with van der Waals surface area (Å²) in [6.07, 6.45) is 4.60. The molecule has 0 radical (unpaired) electrons. The molecule has 4 rings (SSSR count). The number of rotatable bonds is 3. The van der Waals surface area contributed by atoms with E-state index in [9.17, 15) is 9.18 Å². The molecule has 0 bridgehead atoms. The fourth-order valence-electron chi connectivity index (χ4n) is 4.10. The van der Waals surface area contributed by atoms with Crippen LogP contribution in [0, 0.1) is 5.82 Å². The number of hydrogen-bond acceptors (Lipinski definition) is 4. The van der Waals surface area contributed by atoms with Crippen LogP contribution in [0.15, 0.2) is 36.7 Å². The van der Waals surface area contributed by atoms with Crippen LogP contribution in [0.4, 0.5) is 4.39 Å². The van der Waals surface area contributed by atoms with Crippen molar-refractivity contribution in [3.8, 4) is 11.3 Å². The molecular formula is C23H28FN5O. The molecule has 0 spiro atoms. The van der Waals surface area contributed by atoms with Crippen LogP contribution >= 0.6 is 0 Å². The number of nitrogens with zero attached hydrogens (tertiary/aromatic N) is 5. The molecule has 3 aromatic rings. The van der Waals surface area contributed by atoms with Crippen LogP contribution in [-0.2, 0) is 0 Å². The van der Waals surface area contributed by atoms with E-state index in [-0.39, 0.29) is 23.8 Å². The third-order valence-electron chi connectivity index (χ3n) is 5.74. The summed E-state index contributed by atoms with van der Waals surface area (Å²) in [6.45, 7) is 8.64. The van der Waals surface area contributed by atoms with Gasteiger partial charge < -0.3 is 9.80 Å². The highest BCUT2D eigenvalue weighted by atomic mass is 19.1. The maximum absolute atomic E-state index is 14.1. The number of carbonyl (C=O) groups excluding carboxylic acids is 1. The molecule has 3 heterocycles. The van der Waals surface area contributed by atoms with Gasteiger partial charge in [-0.1, -0.05) is 0 Å². The van der Waals surface area contributed by atoms with Crippen molar-refractivity contribution in [3.05, 3.63) is 48.0 Å². The SMILES string of the molecule is CC(C)n1cc(-c2cc(C(=O)N3CCCN(C)C[C@@H]3C)c3cc(F)ccc3n2)cn1. The summed E-state index contributed by atoms with van der Waals surface area (Å²) in [5.74, 6) is -0.448. The van der Waals surface area contributed by atoms with Crippen molar-refractivity contribution in [2.75, 3.05) is 26.7 Å². The number of halogens is 1. The standard InChI is InChI=1S/C23H28FN5O/c1-15(2)29-14-17(12-25-29)22-11-20(19-10-18(24)6-7-21(19)26-22)23(30)28-9-5-8-27(4)13-16(28)3/h6-7,10-12,14-16H,5,8-9,13H2,1-4H3/t16-/m0/s1. The molecule has 1 saturated heterocycles. The molecule has 1 atom stereocenters. The second kappa shape index (κ2) is 8.14. The van der Waals surface area contributed by atoms with E-state index in [4.69, 9.17) is 4.98 Å². The van der Waals surface area contributed by atoms with Gasteiger partial charge >= 0.3 is 0 Å². The summed E-state index contributed by atoms with van der Waals surface area (Å²) in [6, 6.07) is 6.52. The van der Waals surface area contributed by atoms with Crippen molar-refractivity contribution in [2.45, 2.75) is 39.3 Å². The average molecular weight is 410 g/mol. The first-order valence-corrected chi connectivity index (χ1v) is 10.5. The van der Waals surface area contributed by atoms with Gasteiger partial charge in [0.2, 0.25) is 0 Å². The smallest absolute Gasteiger partial charge is 0.254 e. The topological polar surface area (TPSA) is 54.3 Å². The minimum Gasteiger partial charge on any atom is -0.335 e. The molecule has 0 N–H and O–H groups in total. The largest absolute Gasteiger partial charge is 0.335 e. The molecule has 0 unspecified atom stereocenters. The molecule has 30 heavy (non-hydrogen) atoms. The highest BCUT2D eigenvalue weighted by molar-refractivity contribution is 6.07. The highest BCUT2D eigenvalue weighted by Crippen LogP contribution is 2.28. The van der Waals surface area contributed by atoms with E-state index in [2.05, 4.69) is 37.8 Å². The summed E-state index contributed by atoms with van der Waals surface area (Å²) >= 11 is 0. The predicted octanol–water partition coefficient (Wildman–Crippen LogP) is 3.98. The van der Waals surface area contributed by atoms with E-state index < -0.39 is 0 Å². The number of carbonyl (C=O) groups is 1. The maximum atomic E-state index is 14.1. The molecule has 1 fully saturated rings. The minimum absolute atomic E-state index is 0.0756. The number of hydrogen-bond donors (Lipinski definition) is 0. The lowest BCUT2D eigenvalue weighted by atomic mass is 10.0. The second-order valence-corrected chi connectivity index (χ2v) is 8.48. The van der Waals surface area contributed by atoms with Crippen molar-refractivity contribution in [1.82, 2.24) is 24.6 Å². The molecule has 1 aromatic carbocycles. The lowest BCUT2D eigenvalue weighted by molar-refractivity contribution is 0.0698. The number of amides is 1. The summed E-state index contributed by atoms with van der Waals surface area (Å²) in [7, 11) is 2.08. The van der Waals surface area contributed by atoms with Crippen LogP contribution < -0.4 is 0 Å².